The van der Waals surface area contributed by atoms with Gasteiger partial charge in [-0.05, 0) is 64.2 Å². The minimum absolute atomic E-state index is 0.0133. The van der Waals surface area contributed by atoms with E-state index in [1.165, 1.54) is 64.2 Å². The van der Waals surface area contributed by atoms with Gasteiger partial charge in [0.05, 0.1) is 40.3 Å². The maximum atomic E-state index is 12.5. The Bertz CT molecular complexity index is 1050. The topological polar surface area (TPSA) is 102 Å². The maximum Gasteiger partial charge on any atom is 0.306 e. The second-order valence-corrected chi connectivity index (χ2v) is 14.8. The third-order valence-electron chi connectivity index (χ3n) is 8.90. The molecule has 0 aliphatic rings. The number of rotatable bonds is 36. The molecule has 0 bridgehead atoms. The van der Waals surface area contributed by atoms with Gasteiger partial charge < -0.3 is 28.6 Å². The minimum Gasteiger partial charge on any atom is -0.544 e. The maximum absolute atomic E-state index is 12.5. The summed E-state index contributed by atoms with van der Waals surface area (Å²) in [5.41, 5.74) is 0. The van der Waals surface area contributed by atoms with E-state index in [2.05, 4.69) is 62.5 Å². The van der Waals surface area contributed by atoms with Crippen molar-refractivity contribution in [3.63, 3.8) is 0 Å². The van der Waals surface area contributed by atoms with Gasteiger partial charge in [-0.1, -0.05) is 132 Å². The Morgan fingerprint density at radius 1 is 0.585 bits per heavy atom. The van der Waals surface area contributed by atoms with Crippen molar-refractivity contribution in [3.05, 3.63) is 60.8 Å². The second kappa shape index (κ2) is 36.0. The van der Waals surface area contributed by atoms with Crippen LogP contribution in [-0.4, -0.2) is 75.5 Å². The van der Waals surface area contributed by atoms with Crippen LogP contribution in [0.1, 0.15) is 155 Å². The van der Waals surface area contributed by atoms with Gasteiger partial charge >= 0.3 is 11.9 Å². The van der Waals surface area contributed by atoms with E-state index in [0.717, 1.165) is 51.4 Å². The first kappa shape index (κ1) is 50.0. The summed E-state index contributed by atoms with van der Waals surface area (Å²) in [6.07, 6.45) is 42.9. The van der Waals surface area contributed by atoms with Gasteiger partial charge in [0.25, 0.3) is 0 Å². The normalized spacial score (nSPS) is 13.6. The lowest BCUT2D eigenvalue weighted by Crippen LogP contribution is -2.55. The Morgan fingerprint density at radius 2 is 1.09 bits per heavy atom. The number of hydrogen-bond donors (Lipinski definition) is 0. The van der Waals surface area contributed by atoms with Crippen LogP contribution in [0.3, 0.4) is 0 Å². The number of quaternary nitrogens is 1. The van der Waals surface area contributed by atoms with Gasteiger partial charge in [0, 0.05) is 19.3 Å². The van der Waals surface area contributed by atoms with E-state index in [0.29, 0.717) is 12.8 Å². The highest BCUT2D eigenvalue weighted by molar-refractivity contribution is 5.70. The highest BCUT2D eigenvalue weighted by Gasteiger charge is 2.25. The molecule has 0 aliphatic carbocycles. The first-order chi connectivity index (χ1) is 25.6. The van der Waals surface area contributed by atoms with Crippen molar-refractivity contribution in [1.29, 1.82) is 0 Å². The number of aliphatic carboxylic acids is 1. The zero-order chi connectivity index (χ0) is 39.3. The van der Waals surface area contributed by atoms with Crippen LogP contribution < -0.4 is 5.11 Å². The second-order valence-electron chi connectivity index (χ2n) is 14.8. The van der Waals surface area contributed by atoms with E-state index >= 15 is 0 Å². The van der Waals surface area contributed by atoms with Gasteiger partial charge in [0.15, 0.2) is 6.10 Å². The smallest absolute Gasteiger partial charge is 0.306 e. The van der Waals surface area contributed by atoms with Gasteiger partial charge in [0.1, 0.15) is 12.6 Å². The summed E-state index contributed by atoms with van der Waals surface area (Å²) in [7, 11) is 5.37. The number of carboxylic acids is 1. The molecule has 0 aromatic heterocycles. The largest absolute Gasteiger partial charge is 0.544 e. The molecule has 0 fully saturated rings. The molecule has 0 N–H and O–H groups in total. The number of carbonyl (C=O) groups is 3. The van der Waals surface area contributed by atoms with Gasteiger partial charge in [-0.2, -0.15) is 0 Å². The first-order valence-corrected chi connectivity index (χ1v) is 20.8. The number of carbonyl (C=O) groups excluding carboxylic acids is 3. The molecule has 2 atom stereocenters. The predicted octanol–water partition coefficient (Wildman–Crippen LogP) is 9.69. The van der Waals surface area contributed by atoms with Crippen LogP contribution >= 0.6 is 0 Å². The molecule has 0 rings (SSSR count). The summed E-state index contributed by atoms with van der Waals surface area (Å²) in [6.45, 7) is 4.40. The number of ether oxygens (including phenoxy) is 3. The molecule has 0 heterocycles. The van der Waals surface area contributed by atoms with E-state index in [9.17, 15) is 19.5 Å². The van der Waals surface area contributed by atoms with Crippen LogP contribution in [0.25, 0.3) is 0 Å². The summed E-state index contributed by atoms with van der Waals surface area (Å²) in [6, 6.07) is -0.735. The van der Waals surface area contributed by atoms with Gasteiger partial charge in [-0.25, -0.2) is 0 Å². The highest BCUT2D eigenvalue weighted by Crippen LogP contribution is 2.13. The van der Waals surface area contributed by atoms with Gasteiger partial charge in [-0.15, -0.1) is 0 Å². The average molecular weight is 744 g/mol. The molecule has 0 radical (unpaired) electrons. The quantitative estimate of drug-likeness (QED) is 0.0273. The average Bonchev–Trinajstić information content (AvgIpc) is 3.11. The molecule has 0 saturated heterocycles. The Balaban J connectivity index is 4.20. The van der Waals surface area contributed by atoms with Crippen molar-refractivity contribution in [1.82, 2.24) is 0 Å². The minimum atomic E-state index is -1.14. The summed E-state index contributed by atoms with van der Waals surface area (Å²) in [5, 5.41) is 11.6. The van der Waals surface area contributed by atoms with E-state index in [-0.39, 0.29) is 43.1 Å². The van der Waals surface area contributed by atoms with Crippen LogP contribution in [0.5, 0.6) is 0 Å². The molecular weight excluding hydrogens is 666 g/mol. The fraction of sp³-hybridized carbons (Fsp3) is 0.711. The van der Waals surface area contributed by atoms with E-state index in [1.54, 1.807) is 21.1 Å². The molecule has 0 aromatic carbocycles. The van der Waals surface area contributed by atoms with Crippen molar-refractivity contribution in [2.24, 2.45) is 0 Å². The van der Waals surface area contributed by atoms with Crippen LogP contribution in [0.2, 0.25) is 0 Å². The van der Waals surface area contributed by atoms with E-state index in [4.69, 9.17) is 14.2 Å². The summed E-state index contributed by atoms with van der Waals surface area (Å²) in [5.74, 6) is -1.84. The summed E-state index contributed by atoms with van der Waals surface area (Å²) < 4.78 is 17.0. The lowest BCUT2D eigenvalue weighted by molar-refractivity contribution is -0.889. The van der Waals surface area contributed by atoms with E-state index < -0.39 is 24.1 Å². The Kier molecular flexibility index (Phi) is 34.0. The van der Waals surface area contributed by atoms with Crippen LogP contribution in [0.4, 0.5) is 0 Å². The third-order valence-corrected chi connectivity index (χ3v) is 8.90. The zero-order valence-electron chi connectivity index (χ0n) is 34.4. The molecule has 8 heteroatoms. The number of allylic oxidation sites excluding steroid dienone is 10. The van der Waals surface area contributed by atoms with E-state index in [1.807, 2.05) is 12.2 Å². The SMILES string of the molecule is CC/C=C/C/C=C/CCC(=O)OC(COCCC(C(=O)[O-])[N+](C)(C)C)COC(=O)CCCCCCCCCCC/C=C/C/C=C/C/C=C/CCCCC. The highest BCUT2D eigenvalue weighted by atomic mass is 16.6. The van der Waals surface area contributed by atoms with Crippen molar-refractivity contribution in [2.45, 2.75) is 167 Å². The first-order valence-electron chi connectivity index (χ1n) is 20.8. The molecular formula is C45H77NO7. The van der Waals surface area contributed by atoms with Gasteiger partial charge in [-0.3, -0.25) is 9.59 Å². The summed E-state index contributed by atoms with van der Waals surface area (Å²) in [4.78, 5) is 36.5. The van der Waals surface area contributed by atoms with Crippen molar-refractivity contribution < 1.29 is 38.2 Å². The Hall–Kier alpha value is -2.97. The van der Waals surface area contributed by atoms with Crippen molar-refractivity contribution in [2.75, 3.05) is 41.0 Å². The van der Waals surface area contributed by atoms with Crippen molar-refractivity contribution in [3.8, 4) is 0 Å². The zero-order valence-corrected chi connectivity index (χ0v) is 34.4. The lowest BCUT2D eigenvalue weighted by atomic mass is 10.1. The van der Waals surface area contributed by atoms with Crippen molar-refractivity contribution >= 4 is 17.9 Å². The number of likely N-dealkylation sites (N-methyl/N-ethyl adjacent to an activating group) is 1. The molecule has 53 heavy (non-hydrogen) atoms. The molecule has 0 aliphatic heterocycles. The molecule has 0 saturated carbocycles. The summed E-state index contributed by atoms with van der Waals surface area (Å²) >= 11 is 0. The van der Waals surface area contributed by atoms with Crippen LogP contribution in [0.15, 0.2) is 60.8 Å². The Morgan fingerprint density at radius 3 is 1.64 bits per heavy atom. The number of unbranched alkanes of at least 4 members (excludes halogenated alkanes) is 12. The standard InChI is InChI=1S/C45H77NO7/c1-6-8-10-12-14-15-16-17-18-19-20-21-22-23-24-25-26-27-28-30-31-33-35-43(47)52-40-41(39-51-38-37-42(45(49)50)46(3,4)5)53-44(48)36-34-32-29-13-11-9-7-2/h9,11,14-15,17-18,20-21,29,32,41-42H,6-8,10,12-13,16,19,22-28,30-31,33-40H2,1-5H3/b11-9+,15-14+,18-17+,21-20+,32-29+. The van der Waals surface area contributed by atoms with Crippen LogP contribution in [0, 0.1) is 0 Å². The molecule has 0 amide bonds. The third kappa shape index (κ3) is 34.5. The monoisotopic (exact) mass is 744 g/mol. The molecule has 304 valence electrons. The Labute approximate surface area is 324 Å². The fourth-order valence-corrected chi connectivity index (χ4v) is 5.67. The van der Waals surface area contributed by atoms with Gasteiger partial charge in [0.2, 0.25) is 0 Å². The number of hydrogen-bond acceptors (Lipinski definition) is 7. The molecule has 0 aromatic rings. The number of nitrogens with zero attached hydrogens (tertiary/aromatic N) is 1. The predicted molar refractivity (Wildman–Crippen MR) is 217 cm³/mol. The van der Waals surface area contributed by atoms with Crippen LogP contribution in [-0.2, 0) is 28.6 Å². The number of carboxylic acid groups (broad SMARTS) is 1. The number of esters is 2. The lowest BCUT2D eigenvalue weighted by Gasteiger charge is -2.34. The molecule has 2 unspecified atom stereocenters. The molecule has 8 nitrogen and oxygen atoms in total. The molecule has 0 spiro atoms. The fourth-order valence-electron chi connectivity index (χ4n) is 5.67.